The number of fused-ring (bicyclic) bond motifs is 1. The zero-order valence-electron chi connectivity index (χ0n) is 21.8. The predicted molar refractivity (Wildman–Crippen MR) is 134 cm³/mol. The Hall–Kier alpha value is -3.65. The molecule has 1 N–H and O–H groups in total. The van der Waals surface area contributed by atoms with Crippen LogP contribution in [0.4, 0.5) is 54.8 Å². The number of amides is 2. The van der Waals surface area contributed by atoms with Crippen LogP contribution in [0.1, 0.15) is 74.9 Å². The summed E-state index contributed by atoms with van der Waals surface area (Å²) in [6, 6.07) is 0.537. The van der Waals surface area contributed by atoms with Gasteiger partial charge < -0.3 is 9.84 Å². The van der Waals surface area contributed by atoms with Crippen molar-refractivity contribution >= 4 is 17.9 Å². The molecule has 42 heavy (non-hydrogen) atoms. The van der Waals surface area contributed by atoms with Gasteiger partial charge in [0, 0.05) is 12.6 Å². The van der Waals surface area contributed by atoms with Gasteiger partial charge in [-0.2, -0.15) is 39.5 Å². The van der Waals surface area contributed by atoms with Crippen LogP contribution in [0.25, 0.3) is 0 Å². The van der Waals surface area contributed by atoms with Gasteiger partial charge in [0.1, 0.15) is 0 Å². The van der Waals surface area contributed by atoms with Crippen LogP contribution in [0, 0.1) is 0 Å². The standard InChI is InChI=1S/C26H25F9N2O4.CH4/c1-4-18-11-21(19-10-15(24(27,28)29)5-6-20(19)37(18)23(40)41-13(2)3)36(22(38)39)12-14-7-16(25(30,31)32)9-17(8-14)26(33,34)35;/h5-10,13,18,21H,4,11-12H2,1-3H3,(H,38,39);1H4/t18-,21+;/m1./s1. The summed E-state index contributed by atoms with van der Waals surface area (Å²) in [4.78, 5) is 26.8. The first-order valence-corrected chi connectivity index (χ1v) is 12.2. The van der Waals surface area contributed by atoms with Crippen molar-refractivity contribution in [1.29, 1.82) is 0 Å². The van der Waals surface area contributed by atoms with E-state index in [0.29, 0.717) is 29.2 Å². The Bertz CT molecular complexity index is 1260. The number of carbonyl (C=O) groups is 2. The highest BCUT2D eigenvalue weighted by molar-refractivity contribution is 5.90. The average Bonchev–Trinajstić information content (AvgIpc) is 2.83. The number of carboxylic acid groups (broad SMARTS) is 1. The Labute approximate surface area is 235 Å². The first kappa shape index (κ1) is 34.6. The molecule has 0 saturated carbocycles. The van der Waals surface area contributed by atoms with Gasteiger partial charge >= 0.3 is 30.7 Å². The van der Waals surface area contributed by atoms with E-state index in [2.05, 4.69) is 0 Å². The lowest BCUT2D eigenvalue weighted by atomic mass is 9.87. The van der Waals surface area contributed by atoms with Crippen LogP contribution >= 0.6 is 0 Å². The van der Waals surface area contributed by atoms with Gasteiger partial charge in [-0.05, 0) is 74.2 Å². The third kappa shape index (κ3) is 7.59. The quantitative estimate of drug-likeness (QED) is 0.340. The highest BCUT2D eigenvalue weighted by Crippen LogP contribution is 2.45. The van der Waals surface area contributed by atoms with Crippen molar-refractivity contribution in [2.75, 3.05) is 4.90 Å². The molecule has 234 valence electrons. The molecule has 6 nitrogen and oxygen atoms in total. The van der Waals surface area contributed by atoms with Crippen LogP contribution in [-0.4, -0.2) is 34.3 Å². The number of rotatable bonds is 5. The van der Waals surface area contributed by atoms with Gasteiger partial charge in [-0.25, -0.2) is 9.59 Å². The zero-order valence-corrected chi connectivity index (χ0v) is 21.8. The van der Waals surface area contributed by atoms with E-state index in [-0.39, 0.29) is 37.6 Å². The SMILES string of the molecule is C.CC[C@@H]1C[C@H](N(Cc2cc(C(F)(F)F)cc(C(F)(F)F)c2)C(=O)O)c2cc(C(F)(F)F)ccc2N1C(=O)OC(C)C. The van der Waals surface area contributed by atoms with Gasteiger partial charge in [-0.1, -0.05) is 14.4 Å². The Morgan fingerprint density at radius 1 is 0.929 bits per heavy atom. The first-order valence-electron chi connectivity index (χ1n) is 12.2. The molecular weight excluding hydrogens is 587 g/mol. The minimum absolute atomic E-state index is 0. The molecule has 0 aromatic heterocycles. The van der Waals surface area contributed by atoms with Crippen LogP contribution in [0.5, 0.6) is 0 Å². The Kier molecular flexibility index (Phi) is 10.1. The molecule has 0 bridgehead atoms. The number of halogens is 9. The van der Waals surface area contributed by atoms with E-state index in [0.717, 1.165) is 11.0 Å². The first-order chi connectivity index (χ1) is 18.7. The molecule has 0 aliphatic carbocycles. The summed E-state index contributed by atoms with van der Waals surface area (Å²) >= 11 is 0. The summed E-state index contributed by atoms with van der Waals surface area (Å²) in [7, 11) is 0. The van der Waals surface area contributed by atoms with Crippen molar-refractivity contribution < 1.29 is 58.9 Å². The number of ether oxygens (including phenoxy) is 1. The molecule has 2 aromatic rings. The van der Waals surface area contributed by atoms with E-state index in [1.54, 1.807) is 6.92 Å². The fourth-order valence-corrected chi connectivity index (χ4v) is 4.67. The molecule has 3 rings (SSSR count). The van der Waals surface area contributed by atoms with Crippen molar-refractivity contribution in [3.8, 4) is 0 Å². The molecule has 0 saturated heterocycles. The van der Waals surface area contributed by atoms with Crippen molar-refractivity contribution in [3.05, 3.63) is 64.2 Å². The number of carbonyl (C=O) groups excluding carboxylic acids is 1. The molecule has 1 aliphatic rings. The second kappa shape index (κ2) is 12.3. The lowest BCUT2D eigenvalue weighted by molar-refractivity contribution is -0.143. The normalized spacial score (nSPS) is 17.4. The second-order valence-corrected chi connectivity index (χ2v) is 9.71. The molecular formula is C27H29F9N2O4. The maximum Gasteiger partial charge on any atom is 0.416 e. The number of alkyl halides is 9. The van der Waals surface area contributed by atoms with Crippen molar-refractivity contribution in [3.63, 3.8) is 0 Å². The molecule has 1 heterocycles. The summed E-state index contributed by atoms with van der Waals surface area (Å²) in [5.74, 6) is 0. The molecule has 2 atom stereocenters. The number of anilines is 1. The van der Waals surface area contributed by atoms with Crippen molar-refractivity contribution in [1.82, 2.24) is 4.90 Å². The molecule has 2 aromatic carbocycles. The van der Waals surface area contributed by atoms with E-state index in [9.17, 15) is 54.2 Å². The Balaban J connectivity index is 0.00000616. The molecule has 15 heteroatoms. The minimum Gasteiger partial charge on any atom is -0.465 e. The highest BCUT2D eigenvalue weighted by atomic mass is 19.4. The van der Waals surface area contributed by atoms with E-state index in [1.807, 2.05) is 0 Å². The van der Waals surface area contributed by atoms with Crippen molar-refractivity contribution in [2.45, 2.75) is 84.3 Å². The smallest absolute Gasteiger partial charge is 0.416 e. The van der Waals surface area contributed by atoms with Gasteiger partial charge in [0.15, 0.2) is 0 Å². The predicted octanol–water partition coefficient (Wildman–Crippen LogP) is 9.13. The van der Waals surface area contributed by atoms with Gasteiger partial charge in [-0.3, -0.25) is 9.80 Å². The number of hydrogen-bond donors (Lipinski definition) is 1. The fourth-order valence-electron chi connectivity index (χ4n) is 4.67. The van der Waals surface area contributed by atoms with E-state index in [4.69, 9.17) is 4.74 Å². The largest absolute Gasteiger partial charge is 0.465 e. The summed E-state index contributed by atoms with van der Waals surface area (Å²) in [5.41, 5.74) is -5.67. The summed E-state index contributed by atoms with van der Waals surface area (Å²) in [5, 5.41) is 10.0. The van der Waals surface area contributed by atoms with Gasteiger partial charge in [0.25, 0.3) is 0 Å². The number of nitrogens with zero attached hydrogens (tertiary/aromatic N) is 2. The van der Waals surface area contributed by atoms with Gasteiger partial charge in [0.2, 0.25) is 0 Å². The third-order valence-corrected chi connectivity index (χ3v) is 6.46. The second-order valence-electron chi connectivity index (χ2n) is 9.71. The maximum atomic E-state index is 13.6. The topological polar surface area (TPSA) is 70.1 Å². The van der Waals surface area contributed by atoms with E-state index >= 15 is 0 Å². The van der Waals surface area contributed by atoms with Crippen LogP contribution in [0.2, 0.25) is 0 Å². The van der Waals surface area contributed by atoms with E-state index in [1.165, 1.54) is 13.8 Å². The van der Waals surface area contributed by atoms with E-state index < -0.39 is 77.7 Å². The van der Waals surface area contributed by atoms with Crippen LogP contribution in [0.15, 0.2) is 36.4 Å². The molecule has 0 unspecified atom stereocenters. The minimum atomic E-state index is -5.20. The van der Waals surface area contributed by atoms with Crippen LogP contribution in [0.3, 0.4) is 0 Å². The highest BCUT2D eigenvalue weighted by Gasteiger charge is 2.43. The monoisotopic (exact) mass is 616 g/mol. The van der Waals surface area contributed by atoms with Crippen LogP contribution in [-0.2, 0) is 29.8 Å². The zero-order chi connectivity index (χ0) is 31.1. The summed E-state index contributed by atoms with van der Waals surface area (Å²) in [6.07, 6.45) is -18.8. The van der Waals surface area contributed by atoms with Gasteiger partial charge in [0.05, 0.1) is 34.5 Å². The summed E-state index contributed by atoms with van der Waals surface area (Å²) < 4.78 is 126. The molecule has 1 aliphatic heterocycles. The number of benzene rings is 2. The Morgan fingerprint density at radius 3 is 1.88 bits per heavy atom. The molecule has 0 radical (unpaired) electrons. The number of hydrogen-bond acceptors (Lipinski definition) is 3. The lowest BCUT2D eigenvalue weighted by Gasteiger charge is -2.43. The average molecular weight is 617 g/mol. The van der Waals surface area contributed by atoms with Gasteiger partial charge in [-0.15, -0.1) is 0 Å². The van der Waals surface area contributed by atoms with Crippen molar-refractivity contribution in [2.24, 2.45) is 0 Å². The fraction of sp³-hybridized carbons (Fsp3) is 0.481. The lowest BCUT2D eigenvalue weighted by Crippen LogP contribution is -2.49. The molecule has 0 spiro atoms. The summed E-state index contributed by atoms with van der Waals surface area (Å²) in [6.45, 7) is 3.67. The molecule has 0 fully saturated rings. The Morgan fingerprint density at radius 2 is 1.45 bits per heavy atom. The van der Waals surface area contributed by atoms with Crippen LogP contribution < -0.4 is 4.90 Å². The maximum absolute atomic E-state index is 13.6. The third-order valence-electron chi connectivity index (χ3n) is 6.46. The molecule has 2 amide bonds.